The van der Waals surface area contributed by atoms with Crippen LogP contribution in [0.1, 0.15) is 22.3 Å². The molecule has 0 bridgehead atoms. The van der Waals surface area contributed by atoms with Gasteiger partial charge in [0.25, 0.3) is 5.91 Å². The van der Waals surface area contributed by atoms with E-state index in [4.69, 9.17) is 23.2 Å². The Bertz CT molecular complexity index is 925. The molecule has 0 N–H and O–H groups in total. The first-order valence-electron chi connectivity index (χ1n) is 7.90. The topological polar surface area (TPSA) is 83.5 Å². The van der Waals surface area contributed by atoms with Crippen LogP contribution in [0.3, 0.4) is 0 Å². The second-order valence-corrected chi connectivity index (χ2v) is 9.18. The number of aryl methyl sites for hydroxylation is 1. The van der Waals surface area contributed by atoms with Crippen LogP contribution in [0, 0.1) is 0 Å². The summed E-state index contributed by atoms with van der Waals surface area (Å²) in [6.07, 6.45) is 0.624. The maximum atomic E-state index is 12.8. The number of sulfonamides is 1. The van der Waals surface area contributed by atoms with Gasteiger partial charge >= 0.3 is 0 Å². The van der Waals surface area contributed by atoms with Crippen LogP contribution in [0.2, 0.25) is 10.0 Å². The Hall–Kier alpha value is -1.26. The zero-order valence-electron chi connectivity index (χ0n) is 13.9. The molecular weight excluding hydrogens is 419 g/mol. The van der Waals surface area contributed by atoms with Crippen LogP contribution in [0.25, 0.3) is 0 Å². The molecule has 11 heteroatoms. The predicted octanol–water partition coefficient (Wildman–Crippen LogP) is 2.55. The van der Waals surface area contributed by atoms with Gasteiger partial charge in [0, 0.05) is 31.2 Å². The number of carbonyl (C=O) groups excluding carboxylic acids is 1. The van der Waals surface area contributed by atoms with Gasteiger partial charge in [-0.3, -0.25) is 4.79 Å². The molecule has 0 spiro atoms. The summed E-state index contributed by atoms with van der Waals surface area (Å²) >= 11 is 13.0. The maximum Gasteiger partial charge on any atom is 0.267 e. The fourth-order valence-electron chi connectivity index (χ4n) is 2.69. The molecule has 1 fully saturated rings. The van der Waals surface area contributed by atoms with E-state index in [1.165, 1.54) is 22.5 Å². The third-order valence-electron chi connectivity index (χ3n) is 4.12. The highest BCUT2D eigenvalue weighted by atomic mass is 35.5. The molecule has 0 aliphatic carbocycles. The fourth-order valence-corrected chi connectivity index (χ4v) is 5.57. The van der Waals surface area contributed by atoms with Crippen molar-refractivity contribution in [1.82, 2.24) is 18.8 Å². The van der Waals surface area contributed by atoms with Gasteiger partial charge in [-0.1, -0.05) is 34.6 Å². The Morgan fingerprint density at radius 3 is 2.58 bits per heavy atom. The molecule has 0 unspecified atom stereocenters. The van der Waals surface area contributed by atoms with Crippen molar-refractivity contribution in [2.24, 2.45) is 0 Å². The number of halogens is 2. The van der Waals surface area contributed by atoms with Crippen molar-refractivity contribution in [3.05, 3.63) is 38.8 Å². The minimum absolute atomic E-state index is 0.0219. The molecule has 1 amide bonds. The molecule has 26 heavy (non-hydrogen) atoms. The summed E-state index contributed by atoms with van der Waals surface area (Å²) in [5, 5.41) is 4.37. The molecule has 2 aromatic rings. The van der Waals surface area contributed by atoms with Gasteiger partial charge in [-0.05, 0) is 36.2 Å². The first-order chi connectivity index (χ1) is 12.3. The van der Waals surface area contributed by atoms with Gasteiger partial charge in [0.15, 0.2) is 0 Å². The van der Waals surface area contributed by atoms with E-state index < -0.39 is 10.0 Å². The number of nitrogens with zero attached hydrogens (tertiary/aromatic N) is 4. The average Bonchev–Trinajstić information content (AvgIpc) is 3.12. The highest BCUT2D eigenvalue weighted by molar-refractivity contribution is 7.89. The first kappa shape index (κ1) is 19.5. The number of benzene rings is 1. The highest BCUT2D eigenvalue weighted by Gasteiger charge is 2.32. The summed E-state index contributed by atoms with van der Waals surface area (Å²) in [7, 11) is -3.77. The van der Waals surface area contributed by atoms with Gasteiger partial charge in [0.2, 0.25) is 10.0 Å². The normalized spacial score (nSPS) is 16.0. The average molecular weight is 435 g/mol. The fraction of sp³-hybridized carbons (Fsp3) is 0.400. The van der Waals surface area contributed by atoms with Crippen molar-refractivity contribution in [2.45, 2.75) is 18.2 Å². The minimum atomic E-state index is -3.77. The van der Waals surface area contributed by atoms with Gasteiger partial charge < -0.3 is 4.90 Å². The standard InChI is InChI=1S/C15H16Cl2N4O3S2/c1-2-12-14(25-19-18-12)15(22)20-5-7-21(8-6-20)26(23,24)13-9-10(16)3-4-11(13)17/h3-4,9H,2,5-8H2,1H3. The maximum absolute atomic E-state index is 12.8. The molecule has 1 aliphatic rings. The van der Waals surface area contributed by atoms with Gasteiger partial charge in [-0.15, -0.1) is 5.10 Å². The SMILES string of the molecule is CCc1nnsc1C(=O)N1CCN(S(=O)(=O)c2cc(Cl)ccc2Cl)CC1. The zero-order valence-corrected chi connectivity index (χ0v) is 17.0. The lowest BCUT2D eigenvalue weighted by molar-refractivity contribution is 0.0701. The summed E-state index contributed by atoms with van der Waals surface area (Å²) in [6.45, 7) is 2.86. The van der Waals surface area contributed by atoms with Crippen molar-refractivity contribution in [1.29, 1.82) is 0 Å². The van der Waals surface area contributed by atoms with Crippen molar-refractivity contribution in [2.75, 3.05) is 26.2 Å². The Morgan fingerprint density at radius 2 is 1.92 bits per heavy atom. The van der Waals surface area contributed by atoms with E-state index in [1.54, 1.807) is 4.90 Å². The Balaban J connectivity index is 1.74. The van der Waals surface area contributed by atoms with E-state index in [9.17, 15) is 13.2 Å². The third-order valence-corrected chi connectivity index (χ3v) is 7.49. The molecule has 3 rings (SSSR count). The number of piperazine rings is 1. The predicted molar refractivity (Wildman–Crippen MR) is 100 cm³/mol. The van der Waals surface area contributed by atoms with E-state index >= 15 is 0 Å². The Labute approximate surface area is 165 Å². The zero-order chi connectivity index (χ0) is 18.9. The Kier molecular flexibility index (Phi) is 5.83. The van der Waals surface area contributed by atoms with Crippen molar-refractivity contribution >= 4 is 50.7 Å². The first-order valence-corrected chi connectivity index (χ1v) is 10.9. The molecule has 7 nitrogen and oxygen atoms in total. The van der Waals surface area contributed by atoms with Crippen molar-refractivity contribution in [3.63, 3.8) is 0 Å². The van der Waals surface area contributed by atoms with Crippen molar-refractivity contribution < 1.29 is 13.2 Å². The lowest BCUT2D eigenvalue weighted by atomic mass is 10.2. The second kappa shape index (κ2) is 7.77. The molecule has 1 saturated heterocycles. The van der Waals surface area contributed by atoms with E-state index in [2.05, 4.69) is 9.59 Å². The molecule has 140 valence electrons. The van der Waals surface area contributed by atoms with Gasteiger partial charge in [0.1, 0.15) is 9.77 Å². The molecule has 0 radical (unpaired) electrons. The molecule has 1 aromatic heterocycles. The van der Waals surface area contributed by atoms with Gasteiger partial charge in [0.05, 0.1) is 10.7 Å². The molecule has 1 aromatic carbocycles. The number of hydrogen-bond donors (Lipinski definition) is 0. The van der Waals surface area contributed by atoms with Crippen LogP contribution in [0.4, 0.5) is 0 Å². The summed E-state index contributed by atoms with van der Waals surface area (Å²) in [6, 6.07) is 4.33. The molecule has 0 saturated carbocycles. The van der Waals surface area contributed by atoms with Crippen LogP contribution >= 0.6 is 34.7 Å². The highest BCUT2D eigenvalue weighted by Crippen LogP contribution is 2.28. The minimum Gasteiger partial charge on any atom is -0.335 e. The third kappa shape index (κ3) is 3.72. The van der Waals surface area contributed by atoms with Crippen LogP contribution in [0.5, 0.6) is 0 Å². The van der Waals surface area contributed by atoms with Crippen LogP contribution in [0.15, 0.2) is 23.1 Å². The summed E-state index contributed by atoms with van der Waals surface area (Å²) < 4.78 is 30.8. The second-order valence-electron chi connectivity index (χ2n) is 5.67. The monoisotopic (exact) mass is 434 g/mol. The van der Waals surface area contributed by atoms with E-state index in [0.717, 1.165) is 11.5 Å². The summed E-state index contributed by atoms with van der Waals surface area (Å²) in [4.78, 5) is 14.7. The lowest BCUT2D eigenvalue weighted by Gasteiger charge is -2.34. The van der Waals surface area contributed by atoms with E-state index in [1.807, 2.05) is 6.92 Å². The number of hydrogen-bond acceptors (Lipinski definition) is 6. The Morgan fingerprint density at radius 1 is 1.23 bits per heavy atom. The smallest absolute Gasteiger partial charge is 0.267 e. The van der Waals surface area contributed by atoms with Gasteiger partial charge in [-0.2, -0.15) is 4.31 Å². The van der Waals surface area contributed by atoms with E-state index in [-0.39, 0.29) is 42.0 Å². The van der Waals surface area contributed by atoms with E-state index in [0.29, 0.717) is 22.0 Å². The largest absolute Gasteiger partial charge is 0.335 e. The van der Waals surface area contributed by atoms with Crippen molar-refractivity contribution in [3.8, 4) is 0 Å². The number of carbonyl (C=O) groups is 1. The van der Waals surface area contributed by atoms with Gasteiger partial charge in [-0.25, -0.2) is 8.42 Å². The number of rotatable bonds is 4. The molecular formula is C15H16Cl2N4O3S2. The van der Waals surface area contributed by atoms with Crippen LogP contribution in [-0.2, 0) is 16.4 Å². The molecule has 1 aliphatic heterocycles. The molecule has 2 heterocycles. The summed E-state index contributed by atoms with van der Waals surface area (Å²) in [5.74, 6) is -0.158. The van der Waals surface area contributed by atoms with Crippen LogP contribution < -0.4 is 0 Å². The van der Waals surface area contributed by atoms with Crippen LogP contribution in [-0.4, -0.2) is 59.3 Å². The lowest BCUT2D eigenvalue weighted by Crippen LogP contribution is -2.50. The number of aromatic nitrogens is 2. The number of amides is 1. The summed E-state index contributed by atoms with van der Waals surface area (Å²) in [5.41, 5.74) is 0.667. The molecule has 0 atom stereocenters. The quantitative estimate of drug-likeness (QED) is 0.737.